The van der Waals surface area contributed by atoms with Crippen molar-refractivity contribution in [1.29, 1.82) is 0 Å². The molecular formula is C15H11ClF2N4O2. The van der Waals surface area contributed by atoms with Gasteiger partial charge in [0.15, 0.2) is 0 Å². The van der Waals surface area contributed by atoms with Crippen molar-refractivity contribution in [2.24, 2.45) is 0 Å². The molecule has 0 bridgehead atoms. The number of hydrogen-bond donors (Lipinski definition) is 1. The highest BCUT2D eigenvalue weighted by atomic mass is 35.5. The van der Waals surface area contributed by atoms with E-state index in [9.17, 15) is 13.6 Å². The summed E-state index contributed by atoms with van der Waals surface area (Å²) in [5.74, 6) is -2.25. The van der Waals surface area contributed by atoms with Gasteiger partial charge in [0.2, 0.25) is 6.10 Å². The zero-order chi connectivity index (χ0) is 17.3. The summed E-state index contributed by atoms with van der Waals surface area (Å²) in [6, 6.07) is 7.73. The first-order valence-corrected chi connectivity index (χ1v) is 7.26. The van der Waals surface area contributed by atoms with Gasteiger partial charge in [-0.05, 0) is 42.5 Å². The summed E-state index contributed by atoms with van der Waals surface area (Å²) in [7, 11) is 0. The molecule has 0 unspecified atom stereocenters. The summed E-state index contributed by atoms with van der Waals surface area (Å²) in [4.78, 5) is 18.6. The third-order valence-electron chi connectivity index (χ3n) is 3.19. The minimum atomic E-state index is -1.02. The summed E-state index contributed by atoms with van der Waals surface area (Å²) in [6.45, 7) is 1.45. The highest BCUT2D eigenvalue weighted by molar-refractivity contribution is 6.31. The summed E-state index contributed by atoms with van der Waals surface area (Å²) in [5, 5.41) is 10.4. The lowest BCUT2D eigenvalue weighted by atomic mass is 10.2. The molecule has 6 nitrogen and oxygen atoms in total. The normalized spacial score (nSPS) is 12.2. The molecular weight excluding hydrogens is 342 g/mol. The Balaban J connectivity index is 1.74. The Labute approximate surface area is 139 Å². The van der Waals surface area contributed by atoms with Crippen LogP contribution in [0.3, 0.4) is 0 Å². The number of amides is 1. The van der Waals surface area contributed by atoms with E-state index < -0.39 is 23.6 Å². The first kappa shape index (κ1) is 16.1. The van der Waals surface area contributed by atoms with Gasteiger partial charge in [-0.1, -0.05) is 16.4 Å². The predicted octanol–water partition coefficient (Wildman–Crippen LogP) is 2.82. The van der Waals surface area contributed by atoms with Crippen LogP contribution in [-0.4, -0.2) is 27.2 Å². The van der Waals surface area contributed by atoms with Crippen molar-refractivity contribution in [3.63, 3.8) is 0 Å². The van der Waals surface area contributed by atoms with E-state index in [0.29, 0.717) is 22.1 Å². The lowest BCUT2D eigenvalue weighted by molar-refractivity contribution is -0.127. The molecule has 1 heterocycles. The van der Waals surface area contributed by atoms with E-state index in [-0.39, 0.29) is 5.69 Å². The highest BCUT2D eigenvalue weighted by Crippen LogP contribution is 2.17. The van der Waals surface area contributed by atoms with Crippen LogP contribution in [0.2, 0.25) is 5.02 Å². The number of aromatic nitrogens is 3. The smallest absolute Gasteiger partial charge is 0.268 e. The Bertz CT molecular complexity index is 916. The Morgan fingerprint density at radius 3 is 2.83 bits per heavy atom. The number of halogens is 3. The maximum Gasteiger partial charge on any atom is 0.268 e. The van der Waals surface area contributed by atoms with Crippen LogP contribution in [0.4, 0.5) is 14.5 Å². The van der Waals surface area contributed by atoms with E-state index in [1.807, 2.05) is 0 Å². The molecule has 0 aliphatic rings. The fourth-order valence-corrected chi connectivity index (χ4v) is 2.14. The van der Waals surface area contributed by atoms with E-state index >= 15 is 0 Å². The van der Waals surface area contributed by atoms with Crippen LogP contribution in [0.15, 0.2) is 36.4 Å². The van der Waals surface area contributed by atoms with Gasteiger partial charge in [0.05, 0.1) is 5.69 Å². The molecule has 9 heteroatoms. The minimum Gasteiger partial charge on any atom is -0.382 e. The summed E-state index contributed by atoms with van der Waals surface area (Å²) >= 11 is 5.91. The second-order valence-electron chi connectivity index (χ2n) is 4.96. The van der Waals surface area contributed by atoms with Crippen LogP contribution >= 0.6 is 11.6 Å². The number of benzene rings is 2. The van der Waals surface area contributed by atoms with Gasteiger partial charge in [-0.15, -0.1) is 5.10 Å². The average molecular weight is 353 g/mol. The zero-order valence-corrected chi connectivity index (χ0v) is 13.1. The number of nitrogens with one attached hydrogen (secondary N) is 1. The second-order valence-corrected chi connectivity index (χ2v) is 5.39. The Kier molecular flexibility index (Phi) is 4.30. The van der Waals surface area contributed by atoms with Crippen molar-refractivity contribution in [2.75, 3.05) is 5.32 Å². The lowest BCUT2D eigenvalue weighted by Crippen LogP contribution is -2.35. The molecule has 1 N–H and O–H groups in total. The highest BCUT2D eigenvalue weighted by Gasteiger charge is 2.19. The third kappa shape index (κ3) is 3.28. The molecule has 0 fully saturated rings. The van der Waals surface area contributed by atoms with Crippen LogP contribution in [0.25, 0.3) is 11.0 Å². The molecule has 1 aromatic heterocycles. The quantitative estimate of drug-likeness (QED) is 0.784. The zero-order valence-electron chi connectivity index (χ0n) is 12.3. The largest absolute Gasteiger partial charge is 0.382 e. The maximum absolute atomic E-state index is 13.6. The molecule has 24 heavy (non-hydrogen) atoms. The summed E-state index contributed by atoms with van der Waals surface area (Å²) in [5.41, 5.74) is 0.870. The standard InChI is InChI=1S/C15H11ClF2N4O2/c1-8(15(23)19-12-5-3-10(17)7-11(12)18)24-22-14-6-9(16)2-4-13(14)20-21-22/h2-8H,1H3,(H,19,23)/t8-/m0/s1. The molecule has 1 amide bonds. The molecule has 1 atom stereocenters. The van der Waals surface area contributed by atoms with Gasteiger partial charge in [-0.25, -0.2) is 8.78 Å². The van der Waals surface area contributed by atoms with Crippen molar-refractivity contribution in [2.45, 2.75) is 13.0 Å². The fourth-order valence-electron chi connectivity index (χ4n) is 1.97. The van der Waals surface area contributed by atoms with Gasteiger partial charge < -0.3 is 10.2 Å². The van der Waals surface area contributed by atoms with Crippen molar-refractivity contribution < 1.29 is 18.4 Å². The first-order valence-electron chi connectivity index (χ1n) is 6.88. The molecule has 3 rings (SSSR count). The molecule has 0 saturated heterocycles. The molecule has 124 valence electrons. The van der Waals surface area contributed by atoms with Crippen LogP contribution in [0, 0.1) is 11.6 Å². The minimum absolute atomic E-state index is 0.150. The van der Waals surface area contributed by atoms with Crippen LogP contribution < -0.4 is 10.2 Å². The van der Waals surface area contributed by atoms with Crippen molar-refractivity contribution in [3.05, 3.63) is 53.1 Å². The fraction of sp³-hybridized carbons (Fsp3) is 0.133. The van der Waals surface area contributed by atoms with Crippen molar-refractivity contribution in [1.82, 2.24) is 15.2 Å². The number of fused-ring (bicyclic) bond motifs is 1. The Hall–Kier alpha value is -2.74. The second kappa shape index (κ2) is 6.40. The average Bonchev–Trinajstić information content (AvgIpc) is 2.92. The van der Waals surface area contributed by atoms with Gasteiger partial charge in [0, 0.05) is 11.1 Å². The van der Waals surface area contributed by atoms with Gasteiger partial charge in [0.25, 0.3) is 5.91 Å². The van der Waals surface area contributed by atoms with Gasteiger partial charge in [-0.3, -0.25) is 4.79 Å². The first-order chi connectivity index (χ1) is 11.4. The van der Waals surface area contributed by atoms with Crippen LogP contribution in [0.5, 0.6) is 0 Å². The number of nitrogens with zero attached hydrogens (tertiary/aromatic N) is 3. The number of anilines is 1. The van der Waals surface area contributed by atoms with E-state index in [1.54, 1.807) is 18.2 Å². The molecule has 2 aromatic carbocycles. The summed E-state index contributed by atoms with van der Waals surface area (Å²) in [6.07, 6.45) is -1.02. The van der Waals surface area contributed by atoms with Gasteiger partial charge >= 0.3 is 0 Å². The van der Waals surface area contributed by atoms with Crippen molar-refractivity contribution >= 4 is 34.2 Å². The number of hydrogen-bond acceptors (Lipinski definition) is 4. The monoisotopic (exact) mass is 352 g/mol. The predicted molar refractivity (Wildman–Crippen MR) is 83.6 cm³/mol. The van der Waals surface area contributed by atoms with Gasteiger partial charge in [0.1, 0.15) is 22.7 Å². The molecule has 3 aromatic rings. The number of carbonyl (C=O) groups is 1. The number of carbonyl (C=O) groups excluding carboxylic acids is 1. The molecule has 0 saturated carbocycles. The van der Waals surface area contributed by atoms with E-state index in [0.717, 1.165) is 17.0 Å². The van der Waals surface area contributed by atoms with Gasteiger partial charge in [-0.2, -0.15) is 0 Å². The SMILES string of the molecule is C[C@H](On1nnc2ccc(Cl)cc21)C(=O)Nc1ccc(F)cc1F. The lowest BCUT2D eigenvalue weighted by Gasteiger charge is -2.14. The molecule has 0 aliphatic heterocycles. The third-order valence-corrected chi connectivity index (χ3v) is 3.43. The molecule has 0 aliphatic carbocycles. The topological polar surface area (TPSA) is 69.0 Å². The van der Waals surface area contributed by atoms with E-state index in [4.69, 9.17) is 16.4 Å². The number of rotatable bonds is 4. The van der Waals surface area contributed by atoms with Crippen LogP contribution in [-0.2, 0) is 4.79 Å². The van der Waals surface area contributed by atoms with Crippen LogP contribution in [0.1, 0.15) is 6.92 Å². The maximum atomic E-state index is 13.6. The Morgan fingerprint density at radius 2 is 2.08 bits per heavy atom. The van der Waals surface area contributed by atoms with E-state index in [1.165, 1.54) is 6.92 Å². The molecule has 0 spiro atoms. The Morgan fingerprint density at radius 1 is 1.29 bits per heavy atom. The van der Waals surface area contributed by atoms with E-state index in [2.05, 4.69) is 15.6 Å². The molecule has 0 radical (unpaired) electrons. The van der Waals surface area contributed by atoms with Crippen molar-refractivity contribution in [3.8, 4) is 0 Å². The summed E-state index contributed by atoms with van der Waals surface area (Å²) < 4.78 is 26.4.